The summed E-state index contributed by atoms with van der Waals surface area (Å²) >= 11 is 0. The van der Waals surface area contributed by atoms with Crippen LogP contribution < -0.4 is 0 Å². The summed E-state index contributed by atoms with van der Waals surface area (Å²) in [6, 6.07) is 0. The highest BCUT2D eigenvalue weighted by atomic mass is 15.4. The molecular formula is C52H110N4+4. The van der Waals surface area contributed by atoms with E-state index in [0.717, 1.165) is 8.97 Å². The molecule has 0 heterocycles. The molecule has 0 aromatic carbocycles. The number of rotatable bonds is 43. The van der Waals surface area contributed by atoms with Crippen molar-refractivity contribution in [2.45, 2.75) is 206 Å². The van der Waals surface area contributed by atoms with Crippen LogP contribution in [0.1, 0.15) is 206 Å². The SMILES string of the molecule is CCCCCCCCC=CCCCCCCCC[N+](C)(CCC[N+](C)(C)C)CC[N+](C)(CCCCCCCCC=CCCCCCCCC)CCC[N+](C)(C)C. The Hall–Kier alpha value is -0.680. The van der Waals surface area contributed by atoms with Crippen molar-refractivity contribution in [2.75, 3.05) is 109 Å². The van der Waals surface area contributed by atoms with Gasteiger partial charge in [-0.25, -0.2) is 0 Å². The number of hydrogen-bond donors (Lipinski definition) is 0. The Balaban J connectivity index is 4.71. The zero-order valence-electron chi connectivity index (χ0n) is 41.0. The third-order valence-corrected chi connectivity index (χ3v) is 12.7. The van der Waals surface area contributed by atoms with E-state index < -0.39 is 0 Å². The van der Waals surface area contributed by atoms with E-state index in [9.17, 15) is 0 Å². The molecule has 0 fully saturated rings. The number of quaternary nitrogens is 4. The predicted molar refractivity (Wildman–Crippen MR) is 256 cm³/mol. The molecule has 0 radical (unpaired) electrons. The molecule has 4 nitrogen and oxygen atoms in total. The average molecular weight is 791 g/mol. The lowest BCUT2D eigenvalue weighted by Gasteiger charge is -2.41. The number of allylic oxidation sites excluding steroid dienone is 4. The third-order valence-electron chi connectivity index (χ3n) is 12.7. The van der Waals surface area contributed by atoms with Gasteiger partial charge >= 0.3 is 0 Å². The second-order valence-electron chi connectivity index (χ2n) is 21.2. The van der Waals surface area contributed by atoms with Gasteiger partial charge in [0.1, 0.15) is 13.1 Å². The van der Waals surface area contributed by atoms with Crippen molar-refractivity contribution in [2.24, 2.45) is 0 Å². The van der Waals surface area contributed by atoms with Gasteiger partial charge in [0.2, 0.25) is 0 Å². The van der Waals surface area contributed by atoms with Crippen LogP contribution in [0, 0.1) is 0 Å². The van der Waals surface area contributed by atoms with Crippen LogP contribution in [0.15, 0.2) is 24.3 Å². The van der Waals surface area contributed by atoms with Crippen molar-refractivity contribution in [3.63, 3.8) is 0 Å². The molecule has 0 saturated carbocycles. The Bertz CT molecular complexity index is 810. The minimum absolute atomic E-state index is 1.09. The summed E-state index contributed by atoms with van der Waals surface area (Å²) in [4.78, 5) is 0. The van der Waals surface area contributed by atoms with Crippen LogP contribution in [0.4, 0.5) is 0 Å². The van der Waals surface area contributed by atoms with Crippen LogP contribution in [0.25, 0.3) is 0 Å². The molecule has 0 rings (SSSR count). The summed E-state index contributed by atoms with van der Waals surface area (Å²) in [7, 11) is 19.4. The van der Waals surface area contributed by atoms with E-state index >= 15 is 0 Å². The zero-order valence-corrected chi connectivity index (χ0v) is 41.0. The summed E-state index contributed by atoms with van der Waals surface area (Å²) in [6.07, 6.45) is 51.6. The van der Waals surface area contributed by atoms with Crippen molar-refractivity contribution < 1.29 is 17.9 Å². The third kappa shape index (κ3) is 40.1. The Kier molecular flexibility index (Phi) is 35.8. The van der Waals surface area contributed by atoms with E-state index in [4.69, 9.17) is 0 Å². The largest absolute Gasteiger partial charge is 0.331 e. The van der Waals surface area contributed by atoms with Gasteiger partial charge in [-0.05, 0) is 77.0 Å². The monoisotopic (exact) mass is 791 g/mol. The molecule has 0 aromatic rings. The molecule has 4 heteroatoms. The predicted octanol–water partition coefficient (Wildman–Crippen LogP) is 14.1. The number of likely N-dealkylation sites (N-methyl/N-ethyl adjacent to an activating group) is 2. The topological polar surface area (TPSA) is 0 Å². The van der Waals surface area contributed by atoms with Crippen molar-refractivity contribution in [1.29, 1.82) is 0 Å². The molecule has 0 bridgehead atoms. The van der Waals surface area contributed by atoms with Crippen LogP contribution in [-0.4, -0.2) is 127 Å². The molecule has 2 atom stereocenters. The fourth-order valence-corrected chi connectivity index (χ4v) is 8.49. The van der Waals surface area contributed by atoms with Gasteiger partial charge in [0.05, 0.1) is 95.6 Å². The van der Waals surface area contributed by atoms with E-state index in [2.05, 4.69) is 94.5 Å². The van der Waals surface area contributed by atoms with E-state index in [1.54, 1.807) is 0 Å². The fourth-order valence-electron chi connectivity index (χ4n) is 8.49. The Morgan fingerprint density at radius 1 is 0.232 bits per heavy atom. The second kappa shape index (κ2) is 36.2. The average Bonchev–Trinajstić information content (AvgIpc) is 3.13. The number of unbranched alkanes of at least 4 members (excludes halogenated alkanes) is 24. The molecule has 0 aromatic heterocycles. The summed E-state index contributed by atoms with van der Waals surface area (Å²) in [5.74, 6) is 0. The molecule has 2 unspecified atom stereocenters. The van der Waals surface area contributed by atoms with Crippen molar-refractivity contribution >= 4 is 0 Å². The molecule has 0 aliphatic carbocycles. The Morgan fingerprint density at radius 3 is 0.732 bits per heavy atom. The summed E-state index contributed by atoms with van der Waals surface area (Å²) in [5, 5.41) is 0. The lowest BCUT2D eigenvalue weighted by atomic mass is 10.1. The van der Waals surface area contributed by atoms with Gasteiger partial charge in [0, 0.05) is 12.8 Å². The molecule has 334 valence electrons. The molecule has 56 heavy (non-hydrogen) atoms. The number of nitrogens with zero attached hydrogens (tertiary/aromatic N) is 4. The highest BCUT2D eigenvalue weighted by molar-refractivity contribution is 4.82. The molecule has 0 saturated heterocycles. The quantitative estimate of drug-likeness (QED) is 0.0328. The van der Waals surface area contributed by atoms with Crippen LogP contribution >= 0.6 is 0 Å². The van der Waals surface area contributed by atoms with Gasteiger partial charge in [0.15, 0.2) is 0 Å². The molecule has 0 N–H and O–H groups in total. The minimum Gasteiger partial charge on any atom is -0.331 e. The van der Waals surface area contributed by atoms with Crippen molar-refractivity contribution in [1.82, 2.24) is 0 Å². The maximum absolute atomic E-state index is 2.62. The first-order valence-electron chi connectivity index (χ1n) is 25.3. The van der Waals surface area contributed by atoms with Crippen LogP contribution in [0.5, 0.6) is 0 Å². The highest BCUT2D eigenvalue weighted by Gasteiger charge is 2.29. The number of hydrogen-bond acceptors (Lipinski definition) is 0. The molecule has 0 aliphatic heterocycles. The van der Waals surface area contributed by atoms with Gasteiger partial charge in [-0.1, -0.05) is 141 Å². The van der Waals surface area contributed by atoms with Gasteiger partial charge in [-0.15, -0.1) is 0 Å². The zero-order chi connectivity index (χ0) is 41.7. The van der Waals surface area contributed by atoms with Gasteiger partial charge in [0.25, 0.3) is 0 Å². The highest BCUT2D eigenvalue weighted by Crippen LogP contribution is 2.18. The van der Waals surface area contributed by atoms with Crippen LogP contribution in [0.3, 0.4) is 0 Å². The van der Waals surface area contributed by atoms with Crippen LogP contribution in [-0.2, 0) is 0 Å². The lowest BCUT2D eigenvalue weighted by Crippen LogP contribution is -2.56. The first-order chi connectivity index (χ1) is 26.7. The smallest absolute Gasteiger partial charge is 0.128 e. The Morgan fingerprint density at radius 2 is 0.464 bits per heavy atom. The first kappa shape index (κ1) is 55.3. The van der Waals surface area contributed by atoms with Gasteiger partial charge in [-0.2, -0.15) is 0 Å². The van der Waals surface area contributed by atoms with E-state index in [-0.39, 0.29) is 0 Å². The fraction of sp³-hybridized carbons (Fsp3) is 0.923. The van der Waals surface area contributed by atoms with Gasteiger partial charge < -0.3 is 17.9 Å². The second-order valence-corrected chi connectivity index (χ2v) is 21.2. The van der Waals surface area contributed by atoms with Crippen molar-refractivity contribution in [3.8, 4) is 0 Å². The van der Waals surface area contributed by atoms with Crippen molar-refractivity contribution in [3.05, 3.63) is 24.3 Å². The van der Waals surface area contributed by atoms with E-state index in [0.29, 0.717) is 0 Å². The summed E-state index contributed by atoms with van der Waals surface area (Å²) < 4.78 is 4.73. The Labute approximate surface area is 356 Å². The van der Waals surface area contributed by atoms with E-state index in [1.807, 2.05) is 0 Å². The molecule has 0 spiro atoms. The molecular weight excluding hydrogens is 681 g/mol. The minimum atomic E-state index is 1.09. The maximum atomic E-state index is 2.62. The first-order valence-corrected chi connectivity index (χ1v) is 25.3. The summed E-state index contributed by atoms with van der Waals surface area (Å²) in [6.45, 7) is 15.3. The molecule has 0 amide bonds. The van der Waals surface area contributed by atoms with Crippen LogP contribution in [0.2, 0.25) is 0 Å². The molecule has 0 aliphatic rings. The van der Waals surface area contributed by atoms with E-state index in [1.165, 1.54) is 254 Å². The standard InChI is InChI=1S/C52H110N4/c1-11-13-15-17-19-21-23-25-27-29-31-33-35-37-39-41-47-55(9,49-43-45-53(3,4)5)51-52-56(10,50-44-46-54(6,7)8)48-42-40-38-36-34-32-30-28-26-24-22-20-18-16-14-12-2/h25-28H,11-24,29-52H2,1-10H3/q+4. The van der Waals surface area contributed by atoms with Gasteiger partial charge in [-0.3, -0.25) is 0 Å². The maximum Gasteiger partial charge on any atom is 0.128 e. The summed E-state index contributed by atoms with van der Waals surface area (Å²) in [5.41, 5.74) is 0. The normalized spacial score (nSPS) is 15.0. The lowest BCUT2D eigenvalue weighted by molar-refractivity contribution is -0.967.